The van der Waals surface area contributed by atoms with Crippen LogP contribution in [0.4, 0.5) is 0 Å². The van der Waals surface area contributed by atoms with E-state index in [0.29, 0.717) is 0 Å². The smallest absolute Gasteiger partial charge is 0.0107 e. The van der Waals surface area contributed by atoms with E-state index < -0.39 is 0 Å². The van der Waals surface area contributed by atoms with Crippen molar-refractivity contribution in [3.8, 4) is 0 Å². The maximum Gasteiger partial charge on any atom is 0.0107 e. The second kappa shape index (κ2) is 8.08. The van der Waals surface area contributed by atoms with Gasteiger partial charge in [-0.15, -0.1) is 0 Å². The summed E-state index contributed by atoms with van der Waals surface area (Å²) in [5, 5.41) is 3.39. The zero-order valence-corrected chi connectivity index (χ0v) is 10.5. The Morgan fingerprint density at radius 2 is 1.67 bits per heavy atom. The first kappa shape index (κ1) is 12.9. The van der Waals surface area contributed by atoms with Gasteiger partial charge >= 0.3 is 0 Å². The topological polar surface area (TPSA) is 18.5 Å². The molecule has 1 N–H and O–H groups in total. The summed E-state index contributed by atoms with van der Waals surface area (Å²) in [7, 11) is 4.31. The Balaban J connectivity index is 1.83. The van der Waals surface area contributed by atoms with Crippen molar-refractivity contribution in [1.82, 2.24) is 15.1 Å². The van der Waals surface area contributed by atoms with Crippen LogP contribution < -0.4 is 5.32 Å². The second-order valence-electron chi connectivity index (χ2n) is 4.81. The minimum atomic E-state index is 1.18. The van der Waals surface area contributed by atoms with Crippen molar-refractivity contribution >= 4 is 0 Å². The zero-order valence-electron chi connectivity index (χ0n) is 10.5. The lowest BCUT2D eigenvalue weighted by molar-refractivity contribution is 0.235. The fourth-order valence-corrected chi connectivity index (χ4v) is 2.05. The molecule has 1 saturated heterocycles. The lowest BCUT2D eigenvalue weighted by atomic mass is 10.2. The molecule has 3 heteroatoms. The van der Waals surface area contributed by atoms with Gasteiger partial charge in [-0.25, -0.2) is 0 Å². The molecule has 0 atom stereocenters. The molecule has 0 radical (unpaired) electrons. The molecule has 0 bridgehead atoms. The van der Waals surface area contributed by atoms with Gasteiger partial charge in [0.05, 0.1) is 0 Å². The van der Waals surface area contributed by atoms with E-state index in [-0.39, 0.29) is 0 Å². The van der Waals surface area contributed by atoms with Crippen LogP contribution in [-0.4, -0.2) is 63.2 Å². The minimum absolute atomic E-state index is 1.18. The van der Waals surface area contributed by atoms with E-state index in [1.807, 2.05) is 0 Å². The first-order chi connectivity index (χ1) is 7.29. The summed E-state index contributed by atoms with van der Waals surface area (Å²) in [6, 6.07) is 0. The van der Waals surface area contributed by atoms with Crippen LogP contribution in [0.15, 0.2) is 0 Å². The third-order valence-electron chi connectivity index (χ3n) is 3.04. The van der Waals surface area contributed by atoms with Crippen LogP contribution >= 0.6 is 0 Å². The predicted molar refractivity (Wildman–Crippen MR) is 66.3 cm³/mol. The number of unbranched alkanes of at least 4 members (excludes halogenated alkanes) is 3. The molecular formula is C12H27N3. The molecule has 0 spiro atoms. The van der Waals surface area contributed by atoms with Crippen molar-refractivity contribution in [1.29, 1.82) is 0 Å². The fraction of sp³-hybridized carbons (Fsp3) is 1.00. The van der Waals surface area contributed by atoms with Crippen LogP contribution in [0.2, 0.25) is 0 Å². The normalized spacial score (nSPS) is 18.6. The van der Waals surface area contributed by atoms with E-state index in [1.165, 1.54) is 65.0 Å². The van der Waals surface area contributed by atoms with Crippen molar-refractivity contribution in [3.63, 3.8) is 0 Å². The van der Waals surface area contributed by atoms with Gasteiger partial charge in [0, 0.05) is 26.2 Å². The van der Waals surface area contributed by atoms with Gasteiger partial charge in [-0.2, -0.15) is 0 Å². The van der Waals surface area contributed by atoms with Crippen molar-refractivity contribution in [2.24, 2.45) is 0 Å². The Morgan fingerprint density at radius 3 is 2.33 bits per heavy atom. The molecule has 1 aliphatic heterocycles. The summed E-state index contributed by atoms with van der Waals surface area (Å²) in [6.07, 6.45) is 5.53. The SMILES string of the molecule is CN(C)CCCCCCN1CCNCC1. The molecule has 3 nitrogen and oxygen atoms in total. The Kier molecular flexibility index (Phi) is 6.98. The molecule has 0 saturated carbocycles. The predicted octanol–water partition coefficient (Wildman–Crippen LogP) is 1.01. The average Bonchev–Trinajstić information content (AvgIpc) is 2.24. The summed E-state index contributed by atoms with van der Waals surface area (Å²) in [4.78, 5) is 4.86. The number of hydrogen-bond acceptors (Lipinski definition) is 3. The van der Waals surface area contributed by atoms with Crippen molar-refractivity contribution in [2.75, 3.05) is 53.4 Å². The molecule has 0 aromatic carbocycles. The maximum absolute atomic E-state index is 3.39. The standard InChI is InChI=1S/C12H27N3/c1-14(2)9-5-3-4-6-10-15-11-7-13-8-12-15/h13H,3-12H2,1-2H3. The highest BCUT2D eigenvalue weighted by Gasteiger charge is 2.07. The van der Waals surface area contributed by atoms with Crippen LogP contribution in [0, 0.1) is 0 Å². The lowest BCUT2D eigenvalue weighted by Gasteiger charge is -2.27. The van der Waals surface area contributed by atoms with Crippen LogP contribution in [0.25, 0.3) is 0 Å². The van der Waals surface area contributed by atoms with Gasteiger partial charge < -0.3 is 15.1 Å². The third-order valence-corrected chi connectivity index (χ3v) is 3.04. The molecule has 1 rings (SSSR count). The lowest BCUT2D eigenvalue weighted by Crippen LogP contribution is -2.43. The summed E-state index contributed by atoms with van der Waals surface area (Å²) < 4.78 is 0. The molecule has 0 aromatic rings. The molecule has 0 aromatic heterocycles. The Labute approximate surface area is 94.8 Å². The molecular weight excluding hydrogens is 186 g/mol. The van der Waals surface area contributed by atoms with Crippen LogP contribution in [0.3, 0.4) is 0 Å². The van der Waals surface area contributed by atoms with Gasteiger partial charge in [-0.3, -0.25) is 0 Å². The minimum Gasteiger partial charge on any atom is -0.314 e. The largest absolute Gasteiger partial charge is 0.314 e. The Bertz CT molecular complexity index is 142. The van der Waals surface area contributed by atoms with E-state index in [4.69, 9.17) is 0 Å². The highest BCUT2D eigenvalue weighted by Crippen LogP contribution is 2.03. The number of piperazine rings is 1. The highest BCUT2D eigenvalue weighted by molar-refractivity contribution is 4.67. The van der Waals surface area contributed by atoms with Gasteiger partial charge in [0.1, 0.15) is 0 Å². The van der Waals surface area contributed by atoms with Crippen molar-refractivity contribution < 1.29 is 0 Å². The molecule has 0 unspecified atom stereocenters. The fourth-order valence-electron chi connectivity index (χ4n) is 2.05. The third kappa shape index (κ3) is 6.88. The number of nitrogens with zero attached hydrogens (tertiary/aromatic N) is 2. The molecule has 1 aliphatic rings. The Morgan fingerprint density at radius 1 is 1.00 bits per heavy atom. The molecule has 0 amide bonds. The summed E-state index contributed by atoms with van der Waals surface area (Å²) >= 11 is 0. The molecule has 1 heterocycles. The monoisotopic (exact) mass is 213 g/mol. The van der Waals surface area contributed by atoms with Gasteiger partial charge in [0.2, 0.25) is 0 Å². The van der Waals surface area contributed by atoms with Gasteiger partial charge in [-0.05, 0) is 40.0 Å². The van der Waals surface area contributed by atoms with Crippen LogP contribution in [0.1, 0.15) is 25.7 Å². The molecule has 0 aliphatic carbocycles. The first-order valence-electron chi connectivity index (χ1n) is 6.37. The molecule has 90 valence electrons. The second-order valence-corrected chi connectivity index (χ2v) is 4.81. The summed E-state index contributed by atoms with van der Waals surface area (Å²) in [5.74, 6) is 0. The Hall–Kier alpha value is -0.120. The number of nitrogens with one attached hydrogen (secondary N) is 1. The van der Waals surface area contributed by atoms with E-state index in [9.17, 15) is 0 Å². The van der Waals surface area contributed by atoms with Crippen LogP contribution in [-0.2, 0) is 0 Å². The maximum atomic E-state index is 3.39. The van der Waals surface area contributed by atoms with E-state index in [0.717, 1.165) is 0 Å². The van der Waals surface area contributed by atoms with E-state index in [2.05, 4.69) is 29.2 Å². The van der Waals surface area contributed by atoms with E-state index >= 15 is 0 Å². The zero-order chi connectivity index (χ0) is 10.9. The highest BCUT2D eigenvalue weighted by atomic mass is 15.2. The first-order valence-corrected chi connectivity index (χ1v) is 6.37. The quantitative estimate of drug-likeness (QED) is 0.637. The van der Waals surface area contributed by atoms with Crippen LogP contribution in [0.5, 0.6) is 0 Å². The van der Waals surface area contributed by atoms with Crippen molar-refractivity contribution in [3.05, 3.63) is 0 Å². The van der Waals surface area contributed by atoms with Gasteiger partial charge in [0.15, 0.2) is 0 Å². The van der Waals surface area contributed by atoms with Gasteiger partial charge in [0.25, 0.3) is 0 Å². The number of rotatable bonds is 7. The molecule has 1 fully saturated rings. The average molecular weight is 213 g/mol. The summed E-state index contributed by atoms with van der Waals surface area (Å²) in [6.45, 7) is 7.41. The van der Waals surface area contributed by atoms with Gasteiger partial charge in [-0.1, -0.05) is 12.8 Å². The van der Waals surface area contributed by atoms with Crippen molar-refractivity contribution in [2.45, 2.75) is 25.7 Å². The summed E-state index contributed by atoms with van der Waals surface area (Å²) in [5.41, 5.74) is 0. The molecule has 15 heavy (non-hydrogen) atoms. The number of hydrogen-bond donors (Lipinski definition) is 1. The van der Waals surface area contributed by atoms with E-state index in [1.54, 1.807) is 0 Å².